The summed E-state index contributed by atoms with van der Waals surface area (Å²) in [4.78, 5) is 17.2. The molecule has 3 rings (SSSR count). The molecule has 4 heteroatoms. The Labute approximate surface area is 135 Å². The second-order valence-corrected chi connectivity index (χ2v) is 6.56. The van der Waals surface area contributed by atoms with Crippen LogP contribution in [0.1, 0.15) is 36.3 Å². The molecular formula is C18H18N2OS. The number of rotatable bonds is 1. The summed E-state index contributed by atoms with van der Waals surface area (Å²) >= 11 is 1.52. The van der Waals surface area contributed by atoms with E-state index in [4.69, 9.17) is 0 Å². The van der Waals surface area contributed by atoms with Crippen LogP contribution < -0.4 is 0 Å². The average Bonchev–Trinajstić information content (AvgIpc) is 2.54. The Kier molecular flexibility index (Phi) is 4.17. The van der Waals surface area contributed by atoms with Gasteiger partial charge in [0.15, 0.2) is 5.78 Å². The number of ketones is 1. The molecule has 1 aromatic rings. The number of hydrogen-bond donors (Lipinski definition) is 0. The number of aryl methyl sites for hydroxylation is 1. The summed E-state index contributed by atoms with van der Waals surface area (Å²) in [5, 5.41) is 10.6. The quantitative estimate of drug-likeness (QED) is 0.787. The highest BCUT2D eigenvalue weighted by Crippen LogP contribution is 2.45. The Balaban J connectivity index is 2.22. The molecule has 0 fully saturated rings. The van der Waals surface area contributed by atoms with Gasteiger partial charge in [0.2, 0.25) is 0 Å². The van der Waals surface area contributed by atoms with Crippen LogP contribution in [0.15, 0.2) is 40.5 Å². The molecule has 112 valence electrons. The highest BCUT2D eigenvalue weighted by atomic mass is 32.2. The predicted molar refractivity (Wildman–Crippen MR) is 89.9 cm³/mol. The van der Waals surface area contributed by atoms with Gasteiger partial charge in [-0.3, -0.25) is 4.79 Å². The fraction of sp³-hybridized carbons (Fsp3) is 0.389. The normalized spacial score (nSPS) is 24.6. The van der Waals surface area contributed by atoms with E-state index in [0.29, 0.717) is 6.42 Å². The number of allylic oxidation sites excluding steroid dienone is 2. The van der Waals surface area contributed by atoms with Crippen LogP contribution in [0.3, 0.4) is 0 Å². The maximum absolute atomic E-state index is 12.5. The van der Waals surface area contributed by atoms with Gasteiger partial charge in [-0.05, 0) is 37.1 Å². The van der Waals surface area contributed by atoms with Gasteiger partial charge >= 0.3 is 0 Å². The van der Waals surface area contributed by atoms with Crippen molar-refractivity contribution in [1.29, 1.82) is 5.26 Å². The first-order valence-corrected chi connectivity index (χ1v) is 8.73. The van der Waals surface area contributed by atoms with Crippen molar-refractivity contribution in [2.75, 3.05) is 6.26 Å². The molecule has 0 amide bonds. The first-order valence-electron chi connectivity index (χ1n) is 7.51. The zero-order valence-corrected chi connectivity index (χ0v) is 13.6. The van der Waals surface area contributed by atoms with E-state index in [9.17, 15) is 10.1 Å². The largest absolute Gasteiger partial charge is 0.294 e. The van der Waals surface area contributed by atoms with Crippen molar-refractivity contribution in [3.63, 3.8) is 0 Å². The molecule has 0 N–H and O–H groups in total. The average molecular weight is 310 g/mol. The Bertz CT molecular complexity index is 727. The first kappa shape index (κ1) is 15.1. The van der Waals surface area contributed by atoms with E-state index >= 15 is 0 Å². The van der Waals surface area contributed by atoms with Gasteiger partial charge in [0, 0.05) is 23.6 Å². The minimum Gasteiger partial charge on any atom is -0.294 e. The van der Waals surface area contributed by atoms with Crippen molar-refractivity contribution in [3.8, 4) is 6.07 Å². The summed E-state index contributed by atoms with van der Waals surface area (Å²) in [6, 6.07) is 10.5. The smallest absolute Gasteiger partial charge is 0.161 e. The number of carbonyl (C=O) groups is 1. The van der Waals surface area contributed by atoms with E-state index in [0.717, 1.165) is 40.3 Å². The minimum atomic E-state index is -0.364. The monoisotopic (exact) mass is 310 g/mol. The number of Topliss-reactive ketones (excluding diaryl/α,β-unsaturated/α-hetero) is 1. The standard InChI is InChI=1S/C18H18N2OS/c1-11-6-3-4-7-12(11)16-13(10-19)18(22-2)20-14-8-5-9-15(21)17(14)16/h3-4,6-7,13,16H,5,8-9H2,1-2H3/t13?,16-/m1/s1. The van der Waals surface area contributed by atoms with Crippen molar-refractivity contribution < 1.29 is 4.79 Å². The number of thioether (sulfide) groups is 1. The second-order valence-electron chi connectivity index (χ2n) is 5.73. The molecule has 3 nitrogen and oxygen atoms in total. The fourth-order valence-electron chi connectivity index (χ4n) is 3.40. The van der Waals surface area contributed by atoms with Gasteiger partial charge in [0.05, 0.1) is 11.1 Å². The summed E-state index contributed by atoms with van der Waals surface area (Å²) in [7, 11) is 0. The third-order valence-electron chi connectivity index (χ3n) is 4.46. The highest BCUT2D eigenvalue weighted by Gasteiger charge is 2.40. The third kappa shape index (κ3) is 2.40. The van der Waals surface area contributed by atoms with Crippen LogP contribution in [-0.4, -0.2) is 17.1 Å². The molecule has 1 aliphatic carbocycles. The number of nitriles is 1. The van der Waals surface area contributed by atoms with Crippen LogP contribution in [0.2, 0.25) is 0 Å². The van der Waals surface area contributed by atoms with Crippen molar-refractivity contribution >= 4 is 22.6 Å². The summed E-state index contributed by atoms with van der Waals surface area (Å²) in [5.41, 5.74) is 3.89. The maximum atomic E-state index is 12.5. The summed E-state index contributed by atoms with van der Waals surface area (Å²) in [6.45, 7) is 2.04. The molecule has 1 aliphatic heterocycles. The predicted octanol–water partition coefficient (Wildman–Crippen LogP) is 4.00. The van der Waals surface area contributed by atoms with E-state index in [1.54, 1.807) is 0 Å². The van der Waals surface area contributed by atoms with Gasteiger partial charge in [-0.2, -0.15) is 5.26 Å². The number of hydrogen-bond acceptors (Lipinski definition) is 4. The lowest BCUT2D eigenvalue weighted by Gasteiger charge is -2.33. The second kappa shape index (κ2) is 6.10. The first-order chi connectivity index (χ1) is 10.7. The fourth-order valence-corrected chi connectivity index (χ4v) is 4.04. The molecule has 2 aliphatic rings. The Morgan fingerprint density at radius 3 is 2.77 bits per heavy atom. The van der Waals surface area contributed by atoms with Crippen LogP contribution >= 0.6 is 11.8 Å². The molecule has 22 heavy (non-hydrogen) atoms. The van der Waals surface area contributed by atoms with Gasteiger partial charge in [-0.1, -0.05) is 24.3 Å². The molecule has 1 heterocycles. The summed E-state index contributed by atoms with van der Waals surface area (Å²) in [6.07, 6.45) is 4.23. The third-order valence-corrected chi connectivity index (χ3v) is 5.22. The molecule has 2 atom stereocenters. The summed E-state index contributed by atoms with van der Waals surface area (Å²) in [5.74, 6) is -0.371. The zero-order valence-electron chi connectivity index (χ0n) is 12.8. The van der Waals surface area contributed by atoms with E-state index in [2.05, 4.69) is 11.1 Å². The number of benzene rings is 1. The molecule has 1 unspecified atom stereocenters. The van der Waals surface area contributed by atoms with Crippen LogP contribution in [-0.2, 0) is 4.79 Å². The molecule has 0 aromatic heterocycles. The van der Waals surface area contributed by atoms with Crippen LogP contribution in [0, 0.1) is 24.2 Å². The molecule has 0 spiro atoms. The SMILES string of the molecule is CSC1=NC2=C(C(=O)CCC2)[C@H](c2ccccc2C)C1C#N. The highest BCUT2D eigenvalue weighted by molar-refractivity contribution is 8.13. The van der Waals surface area contributed by atoms with E-state index < -0.39 is 0 Å². The Morgan fingerprint density at radius 2 is 2.09 bits per heavy atom. The van der Waals surface area contributed by atoms with E-state index in [-0.39, 0.29) is 17.6 Å². The van der Waals surface area contributed by atoms with Gasteiger partial charge in [-0.15, -0.1) is 11.8 Å². The molecule has 1 aromatic carbocycles. The van der Waals surface area contributed by atoms with Crippen molar-refractivity contribution in [2.45, 2.75) is 32.1 Å². The molecular weight excluding hydrogens is 292 g/mol. The van der Waals surface area contributed by atoms with Crippen LogP contribution in [0.4, 0.5) is 0 Å². The summed E-state index contributed by atoms with van der Waals surface area (Å²) < 4.78 is 0. The van der Waals surface area contributed by atoms with Crippen LogP contribution in [0.5, 0.6) is 0 Å². The molecule has 0 radical (unpaired) electrons. The molecule has 0 bridgehead atoms. The lowest BCUT2D eigenvalue weighted by molar-refractivity contribution is -0.116. The van der Waals surface area contributed by atoms with Crippen LogP contribution in [0.25, 0.3) is 0 Å². The van der Waals surface area contributed by atoms with Gasteiger partial charge in [0.25, 0.3) is 0 Å². The molecule has 0 saturated heterocycles. The van der Waals surface area contributed by atoms with Crippen molar-refractivity contribution in [1.82, 2.24) is 0 Å². The van der Waals surface area contributed by atoms with Crippen molar-refractivity contribution in [3.05, 3.63) is 46.7 Å². The number of nitrogens with zero attached hydrogens (tertiary/aromatic N) is 2. The lowest BCUT2D eigenvalue weighted by atomic mass is 9.73. The zero-order chi connectivity index (χ0) is 15.7. The van der Waals surface area contributed by atoms with Gasteiger partial charge in [0.1, 0.15) is 5.92 Å². The van der Waals surface area contributed by atoms with Crippen molar-refractivity contribution in [2.24, 2.45) is 10.9 Å². The number of carbonyl (C=O) groups excluding carboxylic acids is 1. The Hall–Kier alpha value is -1.86. The minimum absolute atomic E-state index is 0.165. The van der Waals surface area contributed by atoms with Gasteiger partial charge in [-0.25, -0.2) is 4.99 Å². The number of aliphatic imine (C=N–C) groups is 1. The topological polar surface area (TPSA) is 53.2 Å². The van der Waals surface area contributed by atoms with Gasteiger partial charge < -0.3 is 0 Å². The van der Waals surface area contributed by atoms with E-state index in [1.165, 1.54) is 11.8 Å². The maximum Gasteiger partial charge on any atom is 0.161 e. The lowest BCUT2D eigenvalue weighted by Crippen LogP contribution is -2.31. The Morgan fingerprint density at radius 1 is 1.32 bits per heavy atom. The van der Waals surface area contributed by atoms with E-state index in [1.807, 2.05) is 37.4 Å². The molecule has 0 saturated carbocycles.